The maximum atomic E-state index is 13.6. The zero-order valence-electron chi connectivity index (χ0n) is 21.0. The van der Waals surface area contributed by atoms with Crippen molar-refractivity contribution in [3.05, 3.63) is 63.4 Å². The average Bonchev–Trinajstić information content (AvgIpc) is 3.26. The maximum Gasteiger partial charge on any atom is 0.274 e. The van der Waals surface area contributed by atoms with Crippen molar-refractivity contribution in [2.24, 2.45) is 5.92 Å². The van der Waals surface area contributed by atoms with Crippen molar-refractivity contribution in [2.45, 2.75) is 33.3 Å². The van der Waals surface area contributed by atoms with Crippen LogP contribution in [0.3, 0.4) is 0 Å². The van der Waals surface area contributed by atoms with Crippen LogP contribution in [0.2, 0.25) is 10.0 Å². The van der Waals surface area contributed by atoms with Gasteiger partial charge in [0.25, 0.3) is 11.8 Å². The summed E-state index contributed by atoms with van der Waals surface area (Å²) in [6, 6.07) is 7.73. The second kappa shape index (κ2) is 11.3. The Morgan fingerprint density at radius 1 is 1.21 bits per heavy atom. The van der Waals surface area contributed by atoms with E-state index in [2.05, 4.69) is 20.7 Å². The van der Waals surface area contributed by atoms with E-state index in [9.17, 15) is 18.0 Å². The lowest BCUT2D eigenvalue weighted by molar-refractivity contribution is 0.0948. The summed E-state index contributed by atoms with van der Waals surface area (Å²) in [5.74, 6) is -0.764. The monoisotopic (exact) mass is 579 g/mol. The summed E-state index contributed by atoms with van der Waals surface area (Å²) < 4.78 is 30.0. The number of halogens is 2. The fourth-order valence-electron chi connectivity index (χ4n) is 3.80. The first-order valence-electron chi connectivity index (χ1n) is 11.9. The quantitative estimate of drug-likeness (QED) is 0.390. The summed E-state index contributed by atoms with van der Waals surface area (Å²) >= 11 is 12.6. The Hall–Kier alpha value is -3.15. The highest BCUT2D eigenvalue weighted by molar-refractivity contribution is 7.92. The largest absolute Gasteiger partial charge is 0.471 e. The number of amides is 2. The first-order valence-corrected chi connectivity index (χ1v) is 14.5. The van der Waals surface area contributed by atoms with Gasteiger partial charge in [0.1, 0.15) is 11.8 Å². The minimum absolute atomic E-state index is 0.0168. The van der Waals surface area contributed by atoms with Crippen LogP contribution >= 0.6 is 23.2 Å². The predicted molar refractivity (Wildman–Crippen MR) is 145 cm³/mol. The molecule has 2 amide bonds. The molecule has 1 atom stereocenters. The number of carbonyl (C=O) groups is 2. The molecule has 0 spiro atoms. The minimum Gasteiger partial charge on any atom is -0.471 e. The molecule has 2 N–H and O–H groups in total. The number of nitrogens with one attached hydrogen (secondary N) is 2. The Kier molecular flexibility index (Phi) is 8.29. The molecule has 1 aliphatic heterocycles. The van der Waals surface area contributed by atoms with Crippen molar-refractivity contribution in [2.75, 3.05) is 23.4 Å². The molecule has 202 valence electrons. The number of pyridine rings is 1. The zero-order chi connectivity index (χ0) is 27.6. The van der Waals surface area contributed by atoms with E-state index in [4.69, 9.17) is 27.9 Å². The number of ether oxygens (including phenoxy) is 1. The van der Waals surface area contributed by atoms with Crippen LogP contribution in [0.15, 0.2) is 36.5 Å². The molecule has 0 bridgehead atoms. The molecule has 3 aromatic rings. The lowest BCUT2D eigenvalue weighted by Gasteiger charge is -2.25. The van der Waals surface area contributed by atoms with E-state index >= 15 is 0 Å². The molecule has 1 saturated heterocycles. The molecule has 1 aliphatic rings. The van der Waals surface area contributed by atoms with Gasteiger partial charge in [-0.2, -0.15) is 0 Å². The Balaban J connectivity index is 1.67. The molecule has 10 nitrogen and oxygen atoms in total. The molecule has 13 heteroatoms. The fraction of sp³-hybridized carbons (Fsp3) is 0.360. The number of aromatic nitrogens is 3. The van der Waals surface area contributed by atoms with E-state index < -0.39 is 21.8 Å². The molecule has 1 aromatic carbocycles. The number of hydrogen-bond acceptors (Lipinski definition) is 7. The second-order valence-electron chi connectivity index (χ2n) is 9.23. The van der Waals surface area contributed by atoms with Crippen molar-refractivity contribution in [1.82, 2.24) is 20.1 Å². The highest BCUT2D eigenvalue weighted by atomic mass is 35.5. The Labute approximate surface area is 230 Å². The van der Waals surface area contributed by atoms with Crippen molar-refractivity contribution < 1.29 is 22.7 Å². The van der Waals surface area contributed by atoms with Crippen LogP contribution in [0.4, 0.5) is 5.69 Å². The highest BCUT2D eigenvalue weighted by Gasteiger charge is 2.36. The van der Waals surface area contributed by atoms with Crippen LogP contribution in [0.5, 0.6) is 5.88 Å². The Bertz CT molecular complexity index is 1480. The number of benzene rings is 1. The van der Waals surface area contributed by atoms with Gasteiger partial charge in [0.2, 0.25) is 5.88 Å². The van der Waals surface area contributed by atoms with E-state index in [-0.39, 0.29) is 57.0 Å². The molecule has 3 heterocycles. The second-order valence-corrected chi connectivity index (χ2v) is 12.2. The molecule has 4 rings (SSSR count). The molecule has 1 unspecified atom stereocenters. The molecule has 2 aromatic heterocycles. The third-order valence-electron chi connectivity index (χ3n) is 6.12. The zero-order valence-corrected chi connectivity index (χ0v) is 23.3. The average molecular weight is 580 g/mol. The third kappa shape index (κ3) is 6.28. The summed E-state index contributed by atoms with van der Waals surface area (Å²) in [6.45, 7) is 6.25. The van der Waals surface area contributed by atoms with Crippen LogP contribution in [0, 0.1) is 12.8 Å². The first kappa shape index (κ1) is 27.9. The lowest BCUT2D eigenvalue weighted by atomic mass is 10.1. The molecule has 38 heavy (non-hydrogen) atoms. The van der Waals surface area contributed by atoms with Crippen molar-refractivity contribution in [1.29, 1.82) is 0 Å². The number of aryl methyl sites for hydroxylation is 1. The predicted octanol–water partition coefficient (Wildman–Crippen LogP) is 4.09. The van der Waals surface area contributed by atoms with Gasteiger partial charge in [-0.05, 0) is 42.7 Å². The summed E-state index contributed by atoms with van der Waals surface area (Å²) in [4.78, 5) is 30.8. The van der Waals surface area contributed by atoms with E-state index in [0.29, 0.717) is 17.1 Å². The standard InChI is InChI=1S/C25H27Cl2N5O5S/c1-4-14(2)11-29-24(33)18-9-16(26)8-15(3)22(18)30-25(34)20-10-21(37-17-12-38(35,36)13-17)31-32(20)23-19(27)6-5-7-28-23/h5-10,14,17H,4,11-13H2,1-3H3,(H,29,33)(H,30,34). The molecule has 1 fully saturated rings. The molecular formula is C25H27Cl2N5O5S. The van der Waals surface area contributed by atoms with Gasteiger partial charge in [0, 0.05) is 23.8 Å². The summed E-state index contributed by atoms with van der Waals surface area (Å²) in [5, 5.41) is 10.6. The van der Waals surface area contributed by atoms with Crippen LogP contribution < -0.4 is 15.4 Å². The van der Waals surface area contributed by atoms with Gasteiger partial charge in [0.05, 0.1) is 27.8 Å². The molecular weight excluding hydrogens is 553 g/mol. The van der Waals surface area contributed by atoms with Gasteiger partial charge in [-0.3, -0.25) is 9.59 Å². The summed E-state index contributed by atoms with van der Waals surface area (Å²) in [7, 11) is -3.12. The van der Waals surface area contributed by atoms with Gasteiger partial charge < -0.3 is 15.4 Å². The topological polar surface area (TPSA) is 132 Å². The van der Waals surface area contributed by atoms with Crippen LogP contribution in [-0.2, 0) is 9.84 Å². The number of sulfone groups is 1. The fourth-order valence-corrected chi connectivity index (χ4v) is 5.45. The first-order chi connectivity index (χ1) is 18.0. The summed E-state index contributed by atoms with van der Waals surface area (Å²) in [5.41, 5.74) is 1.10. The lowest BCUT2D eigenvalue weighted by Crippen LogP contribution is -2.45. The van der Waals surface area contributed by atoms with E-state index in [1.807, 2.05) is 13.8 Å². The normalized spacial score (nSPS) is 15.4. The Morgan fingerprint density at radius 2 is 1.95 bits per heavy atom. The summed E-state index contributed by atoms with van der Waals surface area (Å²) in [6.07, 6.45) is 1.82. The van der Waals surface area contributed by atoms with Crippen LogP contribution in [0.25, 0.3) is 5.82 Å². The highest BCUT2D eigenvalue weighted by Crippen LogP contribution is 2.29. The number of anilines is 1. The van der Waals surface area contributed by atoms with Crippen molar-refractivity contribution >= 4 is 50.5 Å². The third-order valence-corrected chi connectivity index (χ3v) is 8.39. The van der Waals surface area contributed by atoms with Gasteiger partial charge in [-0.15, -0.1) is 5.10 Å². The van der Waals surface area contributed by atoms with Gasteiger partial charge in [-0.1, -0.05) is 43.5 Å². The molecule has 0 radical (unpaired) electrons. The van der Waals surface area contributed by atoms with E-state index in [1.54, 1.807) is 25.1 Å². The van der Waals surface area contributed by atoms with Gasteiger partial charge >= 0.3 is 0 Å². The van der Waals surface area contributed by atoms with Crippen LogP contribution in [-0.4, -0.2) is 59.2 Å². The molecule has 0 aliphatic carbocycles. The van der Waals surface area contributed by atoms with Gasteiger partial charge in [0.15, 0.2) is 15.7 Å². The van der Waals surface area contributed by atoms with Crippen LogP contribution in [0.1, 0.15) is 46.7 Å². The number of hydrogen-bond donors (Lipinski definition) is 2. The smallest absolute Gasteiger partial charge is 0.274 e. The van der Waals surface area contributed by atoms with Crippen molar-refractivity contribution in [3.8, 4) is 11.7 Å². The van der Waals surface area contributed by atoms with E-state index in [0.717, 1.165) is 6.42 Å². The van der Waals surface area contributed by atoms with E-state index in [1.165, 1.54) is 23.0 Å². The molecule has 0 saturated carbocycles. The van der Waals surface area contributed by atoms with Crippen molar-refractivity contribution in [3.63, 3.8) is 0 Å². The SMILES string of the molecule is CCC(C)CNC(=O)c1cc(Cl)cc(C)c1NC(=O)c1cc(OC2CS(=O)(=O)C2)nn1-c1ncccc1Cl. The van der Waals surface area contributed by atoms with Gasteiger partial charge in [-0.25, -0.2) is 18.1 Å². The Morgan fingerprint density at radius 3 is 2.61 bits per heavy atom. The number of carbonyl (C=O) groups excluding carboxylic acids is 2. The minimum atomic E-state index is -3.12. The maximum absolute atomic E-state index is 13.6. The number of nitrogens with zero attached hydrogens (tertiary/aromatic N) is 3. The number of rotatable bonds is 9.